The second kappa shape index (κ2) is 5.63. The predicted octanol–water partition coefficient (Wildman–Crippen LogP) is 1.64. The van der Waals surface area contributed by atoms with Gasteiger partial charge in [-0.2, -0.15) is 0 Å². The van der Waals surface area contributed by atoms with E-state index in [9.17, 15) is 0 Å². The van der Waals surface area contributed by atoms with Crippen molar-refractivity contribution in [1.82, 2.24) is 0 Å². The molecule has 0 saturated carbocycles. The Morgan fingerprint density at radius 3 is 2.06 bits per heavy atom. The first-order valence-electron chi connectivity index (χ1n) is 5.73. The molecule has 0 bridgehead atoms. The van der Waals surface area contributed by atoms with Gasteiger partial charge >= 0.3 is 0 Å². The Kier molecular flexibility index (Phi) is 4.15. The molecule has 0 aromatic carbocycles. The Morgan fingerprint density at radius 1 is 1.06 bits per heavy atom. The summed E-state index contributed by atoms with van der Waals surface area (Å²) in [6.07, 6.45) is 4.89. The zero-order valence-electron chi connectivity index (χ0n) is 10.1. The Hall–Kier alpha value is -0.900. The number of hydrogen-bond donors (Lipinski definition) is 0. The molecule has 4 heteroatoms. The van der Waals surface area contributed by atoms with Gasteiger partial charge in [-0.3, -0.25) is 0 Å². The van der Waals surface area contributed by atoms with Crippen LogP contribution >= 0.6 is 0 Å². The van der Waals surface area contributed by atoms with Gasteiger partial charge in [0.1, 0.15) is 0 Å². The van der Waals surface area contributed by atoms with Gasteiger partial charge in [0.25, 0.3) is 0 Å². The third-order valence-corrected chi connectivity index (χ3v) is 2.82. The monoisotopic (exact) mass is 238 g/mol. The molecule has 0 N–H and O–H groups in total. The molecule has 2 saturated heterocycles. The van der Waals surface area contributed by atoms with Crippen LogP contribution in [-0.4, -0.2) is 39.0 Å². The minimum absolute atomic E-state index is 0.177. The second-order valence-corrected chi connectivity index (χ2v) is 4.38. The van der Waals surface area contributed by atoms with Crippen LogP contribution in [0.15, 0.2) is 30.5 Å². The third kappa shape index (κ3) is 3.06. The normalized spacial score (nSPS) is 38.2. The molecule has 2 aliphatic rings. The molecule has 2 rings (SSSR count). The summed E-state index contributed by atoms with van der Waals surface area (Å²) >= 11 is 0. The van der Waals surface area contributed by atoms with E-state index in [1.165, 1.54) is 0 Å². The summed E-state index contributed by atoms with van der Waals surface area (Å²) in [5.41, 5.74) is 2.48. The van der Waals surface area contributed by atoms with E-state index in [1.807, 2.05) is 19.1 Å². The Labute approximate surface area is 101 Å². The summed E-state index contributed by atoms with van der Waals surface area (Å²) < 4.78 is 22.3. The summed E-state index contributed by atoms with van der Waals surface area (Å²) in [4.78, 5) is 0. The number of ether oxygens (including phenoxy) is 4. The first-order valence-corrected chi connectivity index (χ1v) is 5.73. The Bertz CT molecular complexity index is 312. The fraction of sp³-hybridized carbons (Fsp3) is 0.615. The summed E-state index contributed by atoms with van der Waals surface area (Å²) in [6, 6.07) is 0. The van der Waals surface area contributed by atoms with E-state index in [2.05, 4.69) is 12.3 Å². The van der Waals surface area contributed by atoms with Crippen molar-refractivity contribution < 1.29 is 18.9 Å². The van der Waals surface area contributed by atoms with Crippen molar-refractivity contribution in [3.63, 3.8) is 0 Å². The average molecular weight is 238 g/mol. The Morgan fingerprint density at radius 2 is 1.59 bits per heavy atom. The highest BCUT2D eigenvalue weighted by molar-refractivity contribution is 4.91. The maximum Gasteiger partial charge on any atom is 0.184 e. The van der Waals surface area contributed by atoms with Crippen LogP contribution in [0, 0.1) is 5.41 Å². The standard InChI is InChI=1S/C13H18O4/c1-3-5-11-14-7-13(8-15-11)9-16-12(6-4-2)17-10-13/h4-6,11-12H,1,7-10H2,2H3/b6-4+. The molecular weight excluding hydrogens is 220 g/mol. The maximum atomic E-state index is 5.60. The van der Waals surface area contributed by atoms with Crippen LogP contribution in [0.4, 0.5) is 0 Å². The van der Waals surface area contributed by atoms with Crippen molar-refractivity contribution in [3.05, 3.63) is 30.5 Å². The highest BCUT2D eigenvalue weighted by Gasteiger charge is 2.41. The molecule has 17 heavy (non-hydrogen) atoms. The average Bonchev–Trinajstić information content (AvgIpc) is 2.36. The Balaban J connectivity index is 1.86. The summed E-state index contributed by atoms with van der Waals surface area (Å²) in [7, 11) is 0. The summed E-state index contributed by atoms with van der Waals surface area (Å²) in [6.45, 7) is 7.75. The SMILES string of the molecule is C=C=CC1OCC2(CO1)COC(/C=C/C)OC2. The van der Waals surface area contributed by atoms with Crippen molar-refractivity contribution in [3.8, 4) is 0 Å². The lowest BCUT2D eigenvalue weighted by atomic mass is 9.91. The minimum atomic E-state index is -0.341. The van der Waals surface area contributed by atoms with Gasteiger partial charge in [-0.15, -0.1) is 5.73 Å². The van der Waals surface area contributed by atoms with Crippen LogP contribution in [0.5, 0.6) is 0 Å². The molecule has 1 spiro atoms. The molecule has 0 atom stereocenters. The van der Waals surface area contributed by atoms with Gasteiger partial charge in [-0.25, -0.2) is 0 Å². The fourth-order valence-electron chi connectivity index (χ4n) is 1.84. The zero-order valence-corrected chi connectivity index (χ0v) is 10.1. The summed E-state index contributed by atoms with van der Waals surface area (Å²) in [5, 5.41) is 0. The molecule has 0 amide bonds. The lowest BCUT2D eigenvalue weighted by Gasteiger charge is -2.42. The van der Waals surface area contributed by atoms with Crippen LogP contribution < -0.4 is 0 Å². The van der Waals surface area contributed by atoms with Crippen LogP contribution in [-0.2, 0) is 18.9 Å². The van der Waals surface area contributed by atoms with Gasteiger partial charge < -0.3 is 18.9 Å². The van der Waals surface area contributed by atoms with E-state index < -0.39 is 0 Å². The van der Waals surface area contributed by atoms with Crippen LogP contribution in [0.3, 0.4) is 0 Å². The second-order valence-electron chi connectivity index (χ2n) is 4.38. The molecule has 2 fully saturated rings. The highest BCUT2D eigenvalue weighted by Crippen LogP contribution is 2.30. The van der Waals surface area contributed by atoms with Gasteiger partial charge in [0.05, 0.1) is 31.8 Å². The molecule has 0 aromatic rings. The molecule has 94 valence electrons. The van der Waals surface area contributed by atoms with Gasteiger partial charge in [0.2, 0.25) is 0 Å². The van der Waals surface area contributed by atoms with Gasteiger partial charge in [0, 0.05) is 6.08 Å². The van der Waals surface area contributed by atoms with Gasteiger partial charge in [0.15, 0.2) is 12.6 Å². The van der Waals surface area contributed by atoms with Crippen LogP contribution in [0.25, 0.3) is 0 Å². The fourth-order valence-corrected chi connectivity index (χ4v) is 1.84. The van der Waals surface area contributed by atoms with Crippen LogP contribution in [0.1, 0.15) is 6.92 Å². The maximum absolute atomic E-state index is 5.60. The number of rotatable bonds is 2. The van der Waals surface area contributed by atoms with E-state index in [-0.39, 0.29) is 18.0 Å². The van der Waals surface area contributed by atoms with E-state index in [4.69, 9.17) is 18.9 Å². The zero-order chi connectivity index (χ0) is 12.1. The minimum Gasteiger partial charge on any atom is -0.348 e. The lowest BCUT2D eigenvalue weighted by Crippen LogP contribution is -2.51. The first kappa shape index (κ1) is 12.6. The number of allylic oxidation sites excluding steroid dienone is 1. The largest absolute Gasteiger partial charge is 0.348 e. The molecule has 0 aliphatic carbocycles. The quantitative estimate of drug-likeness (QED) is 0.541. The predicted molar refractivity (Wildman–Crippen MR) is 62.3 cm³/mol. The van der Waals surface area contributed by atoms with Gasteiger partial charge in [-0.05, 0) is 13.0 Å². The third-order valence-electron chi connectivity index (χ3n) is 2.82. The van der Waals surface area contributed by atoms with E-state index in [0.717, 1.165) is 0 Å². The van der Waals surface area contributed by atoms with Crippen molar-refractivity contribution in [2.45, 2.75) is 19.5 Å². The molecule has 4 nitrogen and oxygen atoms in total. The molecule has 2 aliphatic heterocycles. The van der Waals surface area contributed by atoms with Crippen molar-refractivity contribution in [2.24, 2.45) is 5.41 Å². The van der Waals surface area contributed by atoms with Crippen molar-refractivity contribution >= 4 is 0 Å². The smallest absolute Gasteiger partial charge is 0.184 e. The van der Waals surface area contributed by atoms with E-state index >= 15 is 0 Å². The topological polar surface area (TPSA) is 36.9 Å². The highest BCUT2D eigenvalue weighted by atomic mass is 16.7. The molecule has 0 radical (unpaired) electrons. The van der Waals surface area contributed by atoms with Crippen molar-refractivity contribution in [2.75, 3.05) is 26.4 Å². The van der Waals surface area contributed by atoms with Gasteiger partial charge in [-0.1, -0.05) is 12.7 Å². The van der Waals surface area contributed by atoms with E-state index in [1.54, 1.807) is 6.08 Å². The molecule has 0 aromatic heterocycles. The molecule has 2 heterocycles. The van der Waals surface area contributed by atoms with Crippen molar-refractivity contribution in [1.29, 1.82) is 0 Å². The van der Waals surface area contributed by atoms with E-state index in [0.29, 0.717) is 26.4 Å². The number of hydrogen-bond acceptors (Lipinski definition) is 4. The lowest BCUT2D eigenvalue weighted by molar-refractivity contribution is -0.282. The molecule has 0 unspecified atom stereocenters. The first-order chi connectivity index (χ1) is 8.28. The molecular formula is C13H18O4. The summed E-state index contributed by atoms with van der Waals surface area (Å²) in [5.74, 6) is 0. The van der Waals surface area contributed by atoms with Crippen LogP contribution in [0.2, 0.25) is 0 Å².